The fourth-order valence-electron chi connectivity index (χ4n) is 2.89. The van der Waals surface area contributed by atoms with Crippen molar-refractivity contribution in [3.05, 3.63) is 48.4 Å². The van der Waals surface area contributed by atoms with Crippen molar-refractivity contribution in [1.82, 2.24) is 9.80 Å². The fourth-order valence-corrected chi connectivity index (χ4v) is 2.89. The number of rotatable bonds is 7. The zero-order valence-electron chi connectivity index (χ0n) is 14.5. The van der Waals surface area contributed by atoms with Crippen molar-refractivity contribution in [3.63, 3.8) is 0 Å². The van der Waals surface area contributed by atoms with E-state index in [0.29, 0.717) is 12.2 Å². The predicted molar refractivity (Wildman–Crippen MR) is 94.2 cm³/mol. The molecule has 1 aliphatic heterocycles. The van der Waals surface area contributed by atoms with E-state index in [1.807, 2.05) is 29.2 Å². The van der Waals surface area contributed by atoms with Crippen LogP contribution in [0.25, 0.3) is 0 Å². The fraction of sp³-hybridized carbons (Fsp3) is 0.421. The molecule has 134 valence electrons. The molecule has 2 heterocycles. The van der Waals surface area contributed by atoms with Gasteiger partial charge < -0.3 is 18.8 Å². The zero-order chi connectivity index (χ0) is 17.5. The number of carbonyl (C=O) groups is 1. The summed E-state index contributed by atoms with van der Waals surface area (Å²) in [7, 11) is 1.65. The Labute approximate surface area is 147 Å². The molecule has 1 aromatic heterocycles. The molecule has 0 bridgehead atoms. The van der Waals surface area contributed by atoms with Gasteiger partial charge in [0.15, 0.2) is 0 Å². The maximum absolute atomic E-state index is 12.2. The summed E-state index contributed by atoms with van der Waals surface area (Å²) in [6, 6.07) is 9.33. The van der Waals surface area contributed by atoms with E-state index in [1.165, 1.54) is 12.5 Å². The van der Waals surface area contributed by atoms with Crippen molar-refractivity contribution in [2.75, 3.05) is 46.4 Å². The van der Waals surface area contributed by atoms with Gasteiger partial charge in [0.1, 0.15) is 17.8 Å². The molecule has 1 saturated heterocycles. The summed E-state index contributed by atoms with van der Waals surface area (Å²) in [5.41, 5.74) is 0.626. The molecular weight excluding hydrogens is 320 g/mol. The third-order valence-electron chi connectivity index (χ3n) is 4.37. The average molecular weight is 344 g/mol. The van der Waals surface area contributed by atoms with Crippen LogP contribution in [0.4, 0.5) is 0 Å². The largest absolute Gasteiger partial charge is 0.497 e. The number of hydrogen-bond donors (Lipinski definition) is 0. The zero-order valence-corrected chi connectivity index (χ0v) is 14.5. The van der Waals surface area contributed by atoms with Crippen LogP contribution in [-0.2, 0) is 0 Å². The summed E-state index contributed by atoms with van der Waals surface area (Å²) in [6.45, 7) is 4.95. The smallest absolute Gasteiger partial charge is 0.257 e. The normalized spacial score (nSPS) is 15.2. The molecule has 0 radical (unpaired) electrons. The van der Waals surface area contributed by atoms with Gasteiger partial charge >= 0.3 is 0 Å². The van der Waals surface area contributed by atoms with Crippen LogP contribution in [0.5, 0.6) is 11.5 Å². The minimum atomic E-state index is 0.0521. The predicted octanol–water partition coefficient (Wildman–Crippen LogP) is 2.52. The van der Waals surface area contributed by atoms with Crippen LogP contribution in [0.2, 0.25) is 0 Å². The van der Waals surface area contributed by atoms with Gasteiger partial charge in [0.2, 0.25) is 0 Å². The van der Waals surface area contributed by atoms with Crippen LogP contribution in [-0.4, -0.2) is 62.1 Å². The van der Waals surface area contributed by atoms with E-state index < -0.39 is 0 Å². The average Bonchev–Trinajstić information content (AvgIpc) is 3.20. The van der Waals surface area contributed by atoms with Gasteiger partial charge in [0, 0.05) is 32.7 Å². The number of methoxy groups -OCH3 is 1. The molecule has 0 atom stereocenters. The number of furan rings is 1. The summed E-state index contributed by atoms with van der Waals surface area (Å²) in [4.78, 5) is 16.5. The molecule has 0 aliphatic carbocycles. The second kappa shape index (κ2) is 8.58. The molecule has 1 aromatic carbocycles. The second-order valence-electron chi connectivity index (χ2n) is 6.02. The molecule has 0 unspecified atom stereocenters. The molecule has 25 heavy (non-hydrogen) atoms. The van der Waals surface area contributed by atoms with Gasteiger partial charge in [-0.1, -0.05) is 0 Å². The molecule has 0 N–H and O–H groups in total. The Morgan fingerprint density at radius 2 is 1.80 bits per heavy atom. The van der Waals surface area contributed by atoms with Crippen molar-refractivity contribution in [2.45, 2.75) is 6.42 Å². The Morgan fingerprint density at radius 3 is 2.44 bits per heavy atom. The van der Waals surface area contributed by atoms with Crippen LogP contribution >= 0.6 is 0 Å². The van der Waals surface area contributed by atoms with E-state index >= 15 is 0 Å². The quantitative estimate of drug-likeness (QED) is 0.723. The Hall–Kier alpha value is -2.47. The maximum Gasteiger partial charge on any atom is 0.257 e. The molecule has 1 amide bonds. The highest BCUT2D eigenvalue weighted by Crippen LogP contribution is 2.17. The van der Waals surface area contributed by atoms with E-state index in [4.69, 9.17) is 13.9 Å². The SMILES string of the molecule is COc1ccc(OCCCN2CCN(C(=O)c3ccoc3)CC2)cc1. The molecule has 0 spiro atoms. The number of hydrogen-bond acceptors (Lipinski definition) is 5. The number of ether oxygens (including phenoxy) is 2. The van der Waals surface area contributed by atoms with Crippen LogP contribution in [0, 0.1) is 0 Å². The summed E-state index contributed by atoms with van der Waals surface area (Å²) in [6.07, 6.45) is 4.00. The van der Waals surface area contributed by atoms with Crippen molar-refractivity contribution < 1.29 is 18.7 Å². The van der Waals surface area contributed by atoms with Gasteiger partial charge in [0.05, 0.1) is 25.5 Å². The van der Waals surface area contributed by atoms with Gasteiger partial charge in [-0.05, 0) is 36.8 Å². The van der Waals surface area contributed by atoms with Crippen LogP contribution in [0.3, 0.4) is 0 Å². The number of piperazine rings is 1. The topological polar surface area (TPSA) is 55.2 Å². The number of nitrogens with zero attached hydrogens (tertiary/aromatic N) is 2. The Kier molecular flexibility index (Phi) is 5.95. The van der Waals surface area contributed by atoms with Crippen molar-refractivity contribution in [2.24, 2.45) is 0 Å². The number of amides is 1. The lowest BCUT2D eigenvalue weighted by atomic mass is 10.2. The van der Waals surface area contributed by atoms with Crippen molar-refractivity contribution >= 4 is 5.91 Å². The van der Waals surface area contributed by atoms with Gasteiger partial charge in [0.25, 0.3) is 5.91 Å². The lowest BCUT2D eigenvalue weighted by molar-refractivity contribution is 0.0630. The standard InChI is InChI=1S/C19H24N2O4/c1-23-17-3-5-18(6-4-17)25-13-2-8-20-9-11-21(12-10-20)19(22)16-7-14-24-15-16/h3-7,14-15H,2,8-13H2,1H3. The lowest BCUT2D eigenvalue weighted by Crippen LogP contribution is -2.48. The molecule has 6 heteroatoms. The first-order chi connectivity index (χ1) is 12.3. The minimum absolute atomic E-state index is 0.0521. The third kappa shape index (κ3) is 4.76. The molecule has 6 nitrogen and oxygen atoms in total. The second-order valence-corrected chi connectivity index (χ2v) is 6.02. The van der Waals surface area contributed by atoms with Gasteiger partial charge in [-0.2, -0.15) is 0 Å². The van der Waals surface area contributed by atoms with E-state index in [2.05, 4.69) is 4.90 Å². The van der Waals surface area contributed by atoms with Crippen LogP contribution in [0.15, 0.2) is 47.3 Å². The molecule has 1 fully saturated rings. The van der Waals surface area contributed by atoms with Crippen molar-refractivity contribution in [1.29, 1.82) is 0 Å². The first-order valence-corrected chi connectivity index (χ1v) is 8.57. The summed E-state index contributed by atoms with van der Waals surface area (Å²) < 4.78 is 15.9. The van der Waals surface area contributed by atoms with Crippen molar-refractivity contribution in [3.8, 4) is 11.5 Å². The highest BCUT2D eigenvalue weighted by molar-refractivity contribution is 5.93. The van der Waals surface area contributed by atoms with Gasteiger partial charge in [-0.25, -0.2) is 0 Å². The van der Waals surface area contributed by atoms with Gasteiger partial charge in [-0.3, -0.25) is 9.69 Å². The summed E-state index contributed by atoms with van der Waals surface area (Å²) >= 11 is 0. The first kappa shape index (κ1) is 17.4. The third-order valence-corrected chi connectivity index (χ3v) is 4.37. The molecule has 2 aromatic rings. The molecule has 3 rings (SSSR count). The van der Waals surface area contributed by atoms with E-state index in [9.17, 15) is 4.79 Å². The molecule has 0 saturated carbocycles. The highest BCUT2D eigenvalue weighted by atomic mass is 16.5. The van der Waals surface area contributed by atoms with Gasteiger partial charge in [-0.15, -0.1) is 0 Å². The van der Waals surface area contributed by atoms with E-state index in [-0.39, 0.29) is 5.91 Å². The summed E-state index contributed by atoms with van der Waals surface area (Å²) in [5, 5.41) is 0. The Morgan fingerprint density at radius 1 is 1.08 bits per heavy atom. The first-order valence-electron chi connectivity index (χ1n) is 8.57. The Balaban J connectivity index is 1.33. The lowest BCUT2D eigenvalue weighted by Gasteiger charge is -2.34. The molecule has 1 aliphatic rings. The number of carbonyl (C=O) groups excluding carboxylic acids is 1. The Bertz CT molecular complexity index is 647. The van der Waals surface area contributed by atoms with Crippen LogP contribution in [0.1, 0.15) is 16.8 Å². The minimum Gasteiger partial charge on any atom is -0.497 e. The monoisotopic (exact) mass is 344 g/mol. The van der Waals surface area contributed by atoms with Crippen LogP contribution < -0.4 is 9.47 Å². The highest BCUT2D eigenvalue weighted by Gasteiger charge is 2.22. The molecular formula is C19H24N2O4. The number of benzene rings is 1. The maximum atomic E-state index is 12.2. The van der Waals surface area contributed by atoms with E-state index in [1.54, 1.807) is 13.2 Å². The van der Waals surface area contributed by atoms with E-state index in [0.717, 1.165) is 50.6 Å². The summed E-state index contributed by atoms with van der Waals surface area (Å²) in [5.74, 6) is 1.74.